The number of hydrogen-bond donors (Lipinski definition) is 0. The minimum Gasteiger partial charge on any atom is -0.462 e. The van der Waals surface area contributed by atoms with Gasteiger partial charge >= 0.3 is 11.7 Å². The van der Waals surface area contributed by atoms with E-state index in [9.17, 15) is 14.4 Å². The number of carbonyl (C=O) groups excluding carboxylic acids is 1. The van der Waals surface area contributed by atoms with Gasteiger partial charge in [0.15, 0.2) is 0 Å². The second kappa shape index (κ2) is 8.58. The highest BCUT2D eigenvalue weighted by molar-refractivity contribution is 7.19. The Bertz CT molecular complexity index is 1410. The van der Waals surface area contributed by atoms with E-state index in [2.05, 4.69) is 5.10 Å². The van der Waals surface area contributed by atoms with Gasteiger partial charge in [-0.1, -0.05) is 18.2 Å². The SMILES string of the molecule is CCOC(=O)c1c(Cc2cnn(-c3ccccc3)c2)sc2c1c(=O)n(C)c(=O)n2C(C)C. The molecule has 0 N–H and O–H groups in total. The van der Waals surface area contributed by atoms with Gasteiger partial charge in [0.25, 0.3) is 5.56 Å². The van der Waals surface area contributed by atoms with E-state index in [1.54, 1.807) is 22.4 Å². The summed E-state index contributed by atoms with van der Waals surface area (Å²) in [6, 6.07) is 9.52. The molecule has 0 unspecified atom stereocenters. The van der Waals surface area contributed by atoms with Gasteiger partial charge in [-0.15, -0.1) is 11.3 Å². The molecular weight excluding hydrogens is 428 g/mol. The van der Waals surface area contributed by atoms with Crippen LogP contribution in [0.3, 0.4) is 0 Å². The zero-order valence-electron chi connectivity index (χ0n) is 18.4. The van der Waals surface area contributed by atoms with Gasteiger partial charge in [-0.3, -0.25) is 13.9 Å². The standard InChI is InChI=1S/C23H24N4O4S/c1-5-31-22(29)18-17(11-15-12-24-26(13-15)16-9-7-6-8-10-16)32-21-19(18)20(28)25(4)23(30)27(21)14(2)3/h6-10,12-14H,5,11H2,1-4H3. The molecule has 9 heteroatoms. The smallest absolute Gasteiger partial charge is 0.340 e. The number of benzene rings is 1. The summed E-state index contributed by atoms with van der Waals surface area (Å²) in [5.74, 6) is -0.560. The van der Waals surface area contributed by atoms with Crippen molar-refractivity contribution in [2.24, 2.45) is 7.05 Å². The first-order chi connectivity index (χ1) is 15.3. The van der Waals surface area contributed by atoms with Crippen molar-refractivity contribution in [1.82, 2.24) is 18.9 Å². The first kappa shape index (κ1) is 21.8. The number of hydrogen-bond acceptors (Lipinski definition) is 6. The second-order valence-electron chi connectivity index (χ2n) is 7.72. The molecule has 0 amide bonds. The van der Waals surface area contributed by atoms with Crippen LogP contribution in [0.2, 0.25) is 0 Å². The molecule has 0 radical (unpaired) electrons. The fourth-order valence-corrected chi connectivity index (χ4v) is 5.13. The number of carbonyl (C=O) groups is 1. The fourth-order valence-electron chi connectivity index (χ4n) is 3.69. The Morgan fingerprint density at radius 3 is 2.56 bits per heavy atom. The Labute approximate surface area is 188 Å². The molecule has 0 bridgehead atoms. The third-order valence-corrected chi connectivity index (χ3v) is 6.40. The number of aromatic nitrogens is 4. The molecule has 4 aromatic rings. The van der Waals surface area contributed by atoms with Crippen molar-refractivity contribution < 1.29 is 9.53 Å². The molecule has 3 heterocycles. The van der Waals surface area contributed by atoms with Crippen LogP contribution in [0.4, 0.5) is 0 Å². The molecule has 0 fully saturated rings. The van der Waals surface area contributed by atoms with Gasteiger partial charge in [-0.2, -0.15) is 5.10 Å². The maximum Gasteiger partial charge on any atom is 0.340 e. The molecule has 4 rings (SSSR count). The van der Waals surface area contributed by atoms with Crippen molar-refractivity contribution in [3.63, 3.8) is 0 Å². The highest BCUT2D eigenvalue weighted by atomic mass is 32.1. The molecule has 0 spiro atoms. The molecule has 0 saturated heterocycles. The van der Waals surface area contributed by atoms with Crippen LogP contribution in [0.25, 0.3) is 15.9 Å². The molecule has 32 heavy (non-hydrogen) atoms. The third-order valence-electron chi connectivity index (χ3n) is 5.21. The summed E-state index contributed by atoms with van der Waals surface area (Å²) in [4.78, 5) is 39.9. The van der Waals surface area contributed by atoms with Crippen LogP contribution in [0.15, 0.2) is 52.3 Å². The zero-order valence-corrected chi connectivity index (χ0v) is 19.2. The number of rotatable bonds is 6. The average Bonchev–Trinajstić information content (AvgIpc) is 3.38. The molecule has 0 aliphatic rings. The molecule has 3 aromatic heterocycles. The Morgan fingerprint density at radius 1 is 1.19 bits per heavy atom. The van der Waals surface area contributed by atoms with E-state index in [1.165, 1.54) is 18.4 Å². The highest BCUT2D eigenvalue weighted by Gasteiger charge is 2.27. The summed E-state index contributed by atoms with van der Waals surface area (Å²) in [6.07, 6.45) is 4.01. The van der Waals surface area contributed by atoms with Crippen molar-refractivity contribution in [1.29, 1.82) is 0 Å². The van der Waals surface area contributed by atoms with Gasteiger partial charge in [0.05, 0.1) is 29.4 Å². The lowest BCUT2D eigenvalue weighted by atomic mass is 10.1. The summed E-state index contributed by atoms with van der Waals surface area (Å²) in [6.45, 7) is 5.65. The van der Waals surface area contributed by atoms with Crippen molar-refractivity contribution in [2.75, 3.05) is 6.61 Å². The summed E-state index contributed by atoms with van der Waals surface area (Å²) in [5, 5.41) is 4.65. The van der Waals surface area contributed by atoms with Crippen LogP contribution in [0.1, 0.15) is 47.6 Å². The Balaban J connectivity index is 1.90. The maximum absolute atomic E-state index is 13.0. The number of nitrogens with zero attached hydrogens (tertiary/aromatic N) is 4. The lowest BCUT2D eigenvalue weighted by Crippen LogP contribution is -2.38. The van der Waals surface area contributed by atoms with Gasteiger partial charge in [0.1, 0.15) is 4.83 Å². The van der Waals surface area contributed by atoms with Crippen molar-refractivity contribution in [3.05, 3.63) is 79.6 Å². The lowest BCUT2D eigenvalue weighted by Gasteiger charge is -2.12. The Kier molecular flexibility index (Phi) is 5.84. The normalized spacial score (nSPS) is 11.4. The molecule has 166 valence electrons. The van der Waals surface area contributed by atoms with E-state index in [1.807, 2.05) is 50.4 Å². The number of para-hydroxylation sites is 1. The summed E-state index contributed by atoms with van der Waals surface area (Å²) < 4.78 is 9.65. The van der Waals surface area contributed by atoms with E-state index < -0.39 is 17.2 Å². The van der Waals surface area contributed by atoms with Crippen LogP contribution in [-0.4, -0.2) is 31.5 Å². The van der Waals surface area contributed by atoms with E-state index in [0.29, 0.717) is 16.1 Å². The number of esters is 1. The minimum absolute atomic E-state index is 0.181. The van der Waals surface area contributed by atoms with Gasteiger partial charge in [0.2, 0.25) is 0 Å². The van der Waals surface area contributed by atoms with Crippen LogP contribution in [0, 0.1) is 0 Å². The highest BCUT2D eigenvalue weighted by Crippen LogP contribution is 2.32. The van der Waals surface area contributed by atoms with E-state index in [0.717, 1.165) is 15.8 Å². The molecule has 0 aliphatic carbocycles. The van der Waals surface area contributed by atoms with Crippen LogP contribution in [0.5, 0.6) is 0 Å². The van der Waals surface area contributed by atoms with Crippen LogP contribution in [-0.2, 0) is 18.2 Å². The summed E-state index contributed by atoms with van der Waals surface area (Å²) in [5.41, 5.74) is 1.13. The first-order valence-corrected chi connectivity index (χ1v) is 11.2. The number of ether oxygens (including phenoxy) is 1. The predicted molar refractivity (Wildman–Crippen MR) is 124 cm³/mol. The fraction of sp³-hybridized carbons (Fsp3) is 0.304. The van der Waals surface area contributed by atoms with Gasteiger partial charge in [-0.25, -0.2) is 14.3 Å². The second-order valence-corrected chi connectivity index (χ2v) is 8.80. The monoisotopic (exact) mass is 452 g/mol. The molecule has 0 atom stereocenters. The molecule has 1 aromatic carbocycles. The van der Waals surface area contributed by atoms with E-state index >= 15 is 0 Å². The van der Waals surface area contributed by atoms with Gasteiger partial charge in [-0.05, 0) is 38.5 Å². The molecule has 0 saturated carbocycles. The predicted octanol–water partition coefficient (Wildman–Crippen LogP) is 3.30. The van der Waals surface area contributed by atoms with Crippen molar-refractivity contribution in [3.8, 4) is 5.69 Å². The van der Waals surface area contributed by atoms with Gasteiger partial charge < -0.3 is 4.74 Å². The number of fused-ring (bicyclic) bond motifs is 1. The average molecular weight is 453 g/mol. The number of thiophene rings is 1. The van der Waals surface area contributed by atoms with Gasteiger partial charge in [0, 0.05) is 30.6 Å². The topological polar surface area (TPSA) is 88.1 Å². The lowest BCUT2D eigenvalue weighted by molar-refractivity contribution is 0.0528. The Morgan fingerprint density at radius 2 is 1.91 bits per heavy atom. The molecule has 0 aliphatic heterocycles. The van der Waals surface area contributed by atoms with E-state index in [4.69, 9.17) is 4.74 Å². The minimum atomic E-state index is -0.560. The third kappa shape index (κ3) is 3.69. The maximum atomic E-state index is 13.0. The van der Waals surface area contributed by atoms with Crippen LogP contribution >= 0.6 is 11.3 Å². The summed E-state index contributed by atoms with van der Waals surface area (Å²) >= 11 is 1.28. The summed E-state index contributed by atoms with van der Waals surface area (Å²) in [7, 11) is 1.43. The van der Waals surface area contributed by atoms with Crippen LogP contribution < -0.4 is 11.2 Å². The quantitative estimate of drug-likeness (QED) is 0.419. The first-order valence-electron chi connectivity index (χ1n) is 10.4. The molecule has 8 nitrogen and oxygen atoms in total. The Hall–Kier alpha value is -3.46. The zero-order chi connectivity index (χ0) is 23.0. The largest absolute Gasteiger partial charge is 0.462 e. The molecular formula is C23H24N4O4S. The van der Waals surface area contributed by atoms with Crippen molar-refractivity contribution >= 4 is 27.5 Å². The van der Waals surface area contributed by atoms with E-state index in [-0.39, 0.29) is 23.6 Å². The van der Waals surface area contributed by atoms with Crippen molar-refractivity contribution in [2.45, 2.75) is 33.2 Å².